The monoisotopic (exact) mass is 523 g/mol. The van der Waals surface area contributed by atoms with Crippen LogP contribution in [0.2, 0.25) is 0 Å². The van der Waals surface area contributed by atoms with Crippen LogP contribution in [0.25, 0.3) is 67.9 Å². The van der Waals surface area contributed by atoms with Gasteiger partial charge < -0.3 is 0 Å². The van der Waals surface area contributed by atoms with Crippen molar-refractivity contribution in [2.45, 2.75) is 0 Å². The van der Waals surface area contributed by atoms with Gasteiger partial charge in [0.15, 0.2) is 33.5 Å². The number of rotatable bonds is 4. The van der Waals surface area contributed by atoms with Gasteiger partial charge in [-0.2, -0.15) is 0 Å². The molecule has 0 aliphatic carbocycles. The summed E-state index contributed by atoms with van der Waals surface area (Å²) in [5.74, 6) is 2.08. The first-order chi connectivity index (χ1) is 19.5. The smallest absolute Gasteiger partial charge is 0.245 e. The van der Waals surface area contributed by atoms with Gasteiger partial charge in [-0.25, -0.2) is 33.2 Å². The summed E-state index contributed by atoms with van der Waals surface area (Å²) in [5, 5.41) is 0. The van der Waals surface area contributed by atoms with Gasteiger partial charge in [0, 0.05) is 0 Å². The molecule has 0 atom stereocenters. The van der Waals surface area contributed by atoms with E-state index in [4.69, 9.17) is 15.0 Å². The summed E-state index contributed by atoms with van der Waals surface area (Å²) in [5.41, 5.74) is 9.71. The molecule has 7 heteroatoms. The Labute approximate surface area is 232 Å². The highest BCUT2D eigenvalue weighted by atomic mass is 15.2. The van der Waals surface area contributed by atoms with Crippen molar-refractivity contribution in [3.8, 4) is 45.8 Å². The fourth-order valence-corrected chi connectivity index (χ4v) is 5.78. The minimum atomic E-state index is 0.808. The SMILES string of the molecule is Cn1c(-c2cccc(-c3cccc(-c4cccc(-c5n(C)c6ccccc6[n+]5C)n4)n3)n2)[n+](C)c2ccccc21. The Hall–Kier alpha value is -5.17. The van der Waals surface area contributed by atoms with E-state index in [0.29, 0.717) is 0 Å². The van der Waals surface area contributed by atoms with Crippen LogP contribution in [-0.2, 0) is 28.2 Å². The fourth-order valence-electron chi connectivity index (χ4n) is 5.78. The third-order valence-electron chi connectivity index (χ3n) is 7.71. The van der Waals surface area contributed by atoms with E-state index in [1.54, 1.807) is 0 Å². The van der Waals surface area contributed by atoms with Crippen LogP contribution in [0, 0.1) is 0 Å². The summed E-state index contributed by atoms with van der Waals surface area (Å²) < 4.78 is 8.75. The van der Waals surface area contributed by atoms with E-state index in [9.17, 15) is 0 Å². The molecule has 0 aliphatic heterocycles. The van der Waals surface area contributed by atoms with Crippen molar-refractivity contribution in [2.24, 2.45) is 28.2 Å². The Morgan fingerprint density at radius 3 is 1.12 bits per heavy atom. The van der Waals surface area contributed by atoms with Crippen LogP contribution < -0.4 is 9.13 Å². The Balaban J connectivity index is 1.29. The van der Waals surface area contributed by atoms with Crippen molar-refractivity contribution in [1.82, 2.24) is 24.1 Å². The first kappa shape index (κ1) is 23.9. The van der Waals surface area contributed by atoms with Gasteiger partial charge in [-0.05, 0) is 60.7 Å². The molecule has 194 valence electrons. The van der Waals surface area contributed by atoms with Gasteiger partial charge >= 0.3 is 11.6 Å². The van der Waals surface area contributed by atoms with Crippen LogP contribution in [-0.4, -0.2) is 24.1 Å². The number of hydrogen-bond donors (Lipinski definition) is 0. The summed E-state index contributed by atoms with van der Waals surface area (Å²) in [6.45, 7) is 0. The Kier molecular flexibility index (Phi) is 5.52. The van der Waals surface area contributed by atoms with Crippen LogP contribution in [0.3, 0.4) is 0 Å². The van der Waals surface area contributed by atoms with E-state index in [1.165, 1.54) is 0 Å². The minimum Gasteiger partial charge on any atom is -0.245 e. The predicted octanol–water partition coefficient (Wildman–Crippen LogP) is 5.17. The fraction of sp³-hybridized carbons (Fsp3) is 0.121. The summed E-state index contributed by atoms with van der Waals surface area (Å²) in [6, 6.07) is 35.0. The molecule has 7 rings (SSSR count). The first-order valence-corrected chi connectivity index (χ1v) is 13.3. The number of para-hydroxylation sites is 4. The summed E-state index contributed by atoms with van der Waals surface area (Å²) in [7, 11) is 8.33. The molecule has 0 saturated heterocycles. The molecule has 5 heterocycles. The van der Waals surface area contributed by atoms with E-state index in [1.807, 2.05) is 42.5 Å². The van der Waals surface area contributed by atoms with Gasteiger partial charge in [0.25, 0.3) is 0 Å². The molecule has 7 nitrogen and oxygen atoms in total. The van der Waals surface area contributed by atoms with Crippen LogP contribution >= 0.6 is 0 Å². The minimum absolute atomic E-state index is 0.808. The second-order valence-electron chi connectivity index (χ2n) is 10.1. The van der Waals surface area contributed by atoms with Gasteiger partial charge in [0.1, 0.15) is 0 Å². The average Bonchev–Trinajstić information content (AvgIpc) is 3.41. The molecule has 0 spiro atoms. The molecule has 0 fully saturated rings. The van der Waals surface area contributed by atoms with Gasteiger partial charge in [-0.15, -0.1) is 0 Å². The van der Waals surface area contributed by atoms with Crippen molar-refractivity contribution in [3.05, 3.63) is 103 Å². The van der Waals surface area contributed by atoms with Crippen LogP contribution in [0.1, 0.15) is 0 Å². The zero-order valence-electron chi connectivity index (χ0n) is 22.9. The summed E-state index contributed by atoms with van der Waals surface area (Å²) >= 11 is 0. The highest BCUT2D eigenvalue weighted by Crippen LogP contribution is 2.26. The summed E-state index contributed by atoms with van der Waals surface area (Å²) in [4.78, 5) is 15.1. The molecule has 0 saturated carbocycles. The maximum atomic E-state index is 5.05. The maximum absolute atomic E-state index is 5.05. The van der Waals surface area contributed by atoms with Crippen LogP contribution in [0.4, 0.5) is 0 Å². The molecular formula is C33H29N7+2. The third-order valence-corrected chi connectivity index (χ3v) is 7.71. The van der Waals surface area contributed by atoms with E-state index in [-0.39, 0.29) is 0 Å². The molecule has 5 aromatic heterocycles. The Bertz CT molecular complexity index is 1840. The topological polar surface area (TPSA) is 56.3 Å². The van der Waals surface area contributed by atoms with Crippen molar-refractivity contribution in [2.75, 3.05) is 0 Å². The maximum Gasteiger partial charge on any atom is 0.308 e. The number of aryl methyl sites for hydroxylation is 4. The lowest BCUT2D eigenvalue weighted by Gasteiger charge is -2.07. The number of fused-ring (bicyclic) bond motifs is 2. The van der Waals surface area contributed by atoms with Crippen LogP contribution in [0.15, 0.2) is 103 Å². The van der Waals surface area contributed by atoms with E-state index in [0.717, 1.165) is 67.9 Å². The van der Waals surface area contributed by atoms with Crippen molar-refractivity contribution >= 4 is 22.1 Å². The number of benzene rings is 2. The highest BCUT2D eigenvalue weighted by Gasteiger charge is 2.24. The van der Waals surface area contributed by atoms with Crippen LogP contribution in [0.5, 0.6) is 0 Å². The van der Waals surface area contributed by atoms with Crippen molar-refractivity contribution < 1.29 is 9.13 Å². The molecule has 0 N–H and O–H groups in total. The van der Waals surface area contributed by atoms with Gasteiger partial charge in [0.05, 0.1) is 51.0 Å². The van der Waals surface area contributed by atoms with Crippen molar-refractivity contribution in [1.29, 1.82) is 0 Å². The normalized spacial score (nSPS) is 11.5. The van der Waals surface area contributed by atoms with E-state index in [2.05, 4.69) is 107 Å². The van der Waals surface area contributed by atoms with Gasteiger partial charge in [0.2, 0.25) is 0 Å². The number of pyridine rings is 3. The Morgan fingerprint density at radius 1 is 0.425 bits per heavy atom. The third kappa shape index (κ3) is 3.70. The Morgan fingerprint density at radius 2 is 0.750 bits per heavy atom. The molecule has 0 aliphatic rings. The molecule has 0 bridgehead atoms. The zero-order valence-corrected chi connectivity index (χ0v) is 22.9. The van der Waals surface area contributed by atoms with E-state index >= 15 is 0 Å². The second kappa shape index (κ2) is 9.24. The molecule has 7 aromatic rings. The van der Waals surface area contributed by atoms with E-state index < -0.39 is 0 Å². The standard InChI is InChI=1S/C33H29N7/c1-37-28-18-5-6-19-29(28)38(2)32(37)26-16-10-14-24(35-26)22-12-9-13-23(34-22)25-15-11-17-27(36-25)33-39(3)30-20-7-8-21-31(30)40(33)4/h5-21H,1-4H3/q+2. The largest absolute Gasteiger partial charge is 0.308 e. The zero-order chi connectivity index (χ0) is 27.4. The highest BCUT2D eigenvalue weighted by molar-refractivity contribution is 5.77. The second-order valence-corrected chi connectivity index (χ2v) is 10.1. The molecule has 0 radical (unpaired) electrons. The first-order valence-electron chi connectivity index (χ1n) is 13.3. The lowest BCUT2D eigenvalue weighted by atomic mass is 10.1. The summed E-state index contributed by atoms with van der Waals surface area (Å²) in [6.07, 6.45) is 0. The molecule has 0 amide bonds. The number of hydrogen-bond acceptors (Lipinski definition) is 3. The predicted molar refractivity (Wildman–Crippen MR) is 157 cm³/mol. The lowest BCUT2D eigenvalue weighted by Crippen LogP contribution is -2.30. The molecule has 2 aromatic carbocycles. The van der Waals surface area contributed by atoms with Crippen molar-refractivity contribution in [3.63, 3.8) is 0 Å². The average molecular weight is 524 g/mol. The van der Waals surface area contributed by atoms with Gasteiger partial charge in [-0.1, -0.05) is 42.5 Å². The number of aromatic nitrogens is 7. The lowest BCUT2D eigenvalue weighted by molar-refractivity contribution is -0.634. The number of imidazole rings is 2. The molecule has 40 heavy (non-hydrogen) atoms. The number of nitrogens with zero attached hydrogens (tertiary/aromatic N) is 7. The molecular weight excluding hydrogens is 494 g/mol. The molecule has 0 unspecified atom stereocenters. The quantitative estimate of drug-likeness (QED) is 0.299. The van der Waals surface area contributed by atoms with Gasteiger partial charge in [-0.3, -0.25) is 0 Å².